The maximum atomic E-state index is 12.7. The molecule has 0 N–H and O–H groups in total. The number of benzene rings is 1. The van der Waals surface area contributed by atoms with Gasteiger partial charge in [0.15, 0.2) is 11.0 Å². The first-order valence-corrected chi connectivity index (χ1v) is 10.2. The summed E-state index contributed by atoms with van der Waals surface area (Å²) in [5.41, 5.74) is 1.96. The molecule has 1 aliphatic rings. The Morgan fingerprint density at radius 3 is 2.76 bits per heavy atom. The molecule has 1 aromatic carbocycles. The number of halogens is 3. The Balaban J connectivity index is 1.56. The molecule has 1 aliphatic heterocycles. The van der Waals surface area contributed by atoms with Crippen LogP contribution in [0.1, 0.15) is 18.7 Å². The largest absolute Gasteiger partial charge is 0.408 e. The summed E-state index contributed by atoms with van der Waals surface area (Å²) in [4.78, 5) is 4.51. The van der Waals surface area contributed by atoms with Crippen LogP contribution in [0.25, 0.3) is 11.3 Å². The second kappa shape index (κ2) is 8.54. The molecule has 0 bridgehead atoms. The summed E-state index contributed by atoms with van der Waals surface area (Å²) in [5, 5.41) is 11.3. The molecule has 0 saturated carbocycles. The number of tetrazole rings is 1. The summed E-state index contributed by atoms with van der Waals surface area (Å²) in [6, 6.07) is 9.86. The van der Waals surface area contributed by atoms with Crippen LogP contribution in [0, 0.1) is 0 Å². The molecule has 0 aliphatic carbocycles. The van der Waals surface area contributed by atoms with Gasteiger partial charge in [-0.2, -0.15) is 13.2 Å². The highest BCUT2D eigenvalue weighted by Crippen LogP contribution is 2.30. The topological polar surface area (TPSA) is 70.7 Å². The van der Waals surface area contributed by atoms with Gasteiger partial charge in [-0.25, -0.2) is 9.67 Å². The highest BCUT2D eigenvalue weighted by Gasteiger charge is 2.30. The minimum absolute atomic E-state index is 0.0987. The Bertz CT molecular complexity index is 937. The number of ether oxygens (including phenoxy) is 1. The van der Waals surface area contributed by atoms with E-state index in [1.165, 1.54) is 11.8 Å². The van der Waals surface area contributed by atoms with Crippen LogP contribution in [0.5, 0.6) is 0 Å². The molecule has 3 heterocycles. The summed E-state index contributed by atoms with van der Waals surface area (Å²) in [5.74, 6) is 0.333. The zero-order valence-corrected chi connectivity index (χ0v) is 16.2. The van der Waals surface area contributed by atoms with Crippen molar-refractivity contribution in [2.24, 2.45) is 0 Å². The minimum Gasteiger partial charge on any atom is -0.376 e. The van der Waals surface area contributed by atoms with E-state index in [1.807, 2.05) is 30.3 Å². The lowest BCUT2D eigenvalue weighted by atomic mass is 10.1. The average Bonchev–Trinajstić information content (AvgIpc) is 3.42. The average molecular weight is 424 g/mol. The summed E-state index contributed by atoms with van der Waals surface area (Å²) < 4.78 is 46.7. The van der Waals surface area contributed by atoms with Crippen LogP contribution in [0.2, 0.25) is 0 Å². The fourth-order valence-electron chi connectivity index (χ4n) is 3.23. The van der Waals surface area contributed by atoms with Gasteiger partial charge in [0.1, 0.15) is 6.54 Å². The van der Waals surface area contributed by atoms with Crippen molar-refractivity contribution in [1.29, 1.82) is 0 Å². The molecular formula is C18H19F3N6OS. The van der Waals surface area contributed by atoms with Gasteiger partial charge >= 0.3 is 6.18 Å². The first kappa shape index (κ1) is 19.9. The summed E-state index contributed by atoms with van der Waals surface area (Å²) in [7, 11) is 0. The third-order valence-corrected chi connectivity index (χ3v) is 5.55. The zero-order valence-electron chi connectivity index (χ0n) is 15.4. The molecule has 29 heavy (non-hydrogen) atoms. The van der Waals surface area contributed by atoms with E-state index in [1.54, 1.807) is 6.20 Å². The maximum Gasteiger partial charge on any atom is 0.408 e. The quantitative estimate of drug-likeness (QED) is 0.540. The first-order valence-electron chi connectivity index (χ1n) is 9.17. The normalized spacial score (nSPS) is 17.1. The second-order valence-corrected chi connectivity index (χ2v) is 7.64. The van der Waals surface area contributed by atoms with Crippen LogP contribution in [0.3, 0.4) is 0 Å². The molecule has 2 aromatic heterocycles. The van der Waals surface area contributed by atoms with Gasteiger partial charge in [0.05, 0.1) is 30.3 Å². The SMILES string of the molecule is FC(F)(F)Cn1nnnc1CSc1ncc(-c2ccccc2)n1CC1CCCO1. The molecule has 0 spiro atoms. The number of hydrogen-bond acceptors (Lipinski definition) is 6. The van der Waals surface area contributed by atoms with E-state index in [4.69, 9.17) is 4.74 Å². The van der Waals surface area contributed by atoms with E-state index in [2.05, 4.69) is 25.1 Å². The van der Waals surface area contributed by atoms with Gasteiger partial charge in [-0.15, -0.1) is 5.10 Å². The number of imidazole rings is 1. The lowest BCUT2D eigenvalue weighted by Gasteiger charge is -2.16. The molecule has 11 heteroatoms. The lowest BCUT2D eigenvalue weighted by molar-refractivity contribution is -0.143. The number of alkyl halides is 3. The van der Waals surface area contributed by atoms with Crippen LogP contribution in [-0.2, 0) is 23.6 Å². The molecule has 1 unspecified atom stereocenters. The molecule has 1 fully saturated rings. The summed E-state index contributed by atoms with van der Waals surface area (Å²) >= 11 is 1.31. The highest BCUT2D eigenvalue weighted by molar-refractivity contribution is 7.98. The molecular weight excluding hydrogens is 405 g/mol. The lowest BCUT2D eigenvalue weighted by Crippen LogP contribution is -2.20. The van der Waals surface area contributed by atoms with Gasteiger partial charge in [-0.3, -0.25) is 0 Å². The third-order valence-electron chi connectivity index (χ3n) is 4.56. The Labute approximate surface area is 169 Å². The van der Waals surface area contributed by atoms with Crippen molar-refractivity contribution in [3.05, 3.63) is 42.4 Å². The summed E-state index contributed by atoms with van der Waals surface area (Å²) in [6.45, 7) is 0.171. The Hall–Kier alpha value is -2.40. The van der Waals surface area contributed by atoms with Gasteiger partial charge < -0.3 is 9.30 Å². The van der Waals surface area contributed by atoms with E-state index in [0.29, 0.717) is 11.7 Å². The van der Waals surface area contributed by atoms with E-state index in [-0.39, 0.29) is 17.7 Å². The highest BCUT2D eigenvalue weighted by atomic mass is 32.2. The van der Waals surface area contributed by atoms with Crippen LogP contribution in [0.4, 0.5) is 13.2 Å². The molecule has 0 amide bonds. The van der Waals surface area contributed by atoms with Crippen molar-refractivity contribution in [3.63, 3.8) is 0 Å². The van der Waals surface area contributed by atoms with Crippen molar-refractivity contribution in [2.75, 3.05) is 6.61 Å². The Morgan fingerprint density at radius 2 is 2.03 bits per heavy atom. The molecule has 1 saturated heterocycles. The van der Waals surface area contributed by atoms with Gasteiger partial charge in [0.2, 0.25) is 0 Å². The first-order chi connectivity index (χ1) is 14.0. The maximum absolute atomic E-state index is 12.7. The van der Waals surface area contributed by atoms with Gasteiger partial charge in [-0.05, 0) is 28.8 Å². The third kappa shape index (κ3) is 4.96. The molecule has 4 rings (SSSR count). The van der Waals surface area contributed by atoms with E-state index >= 15 is 0 Å². The van der Waals surface area contributed by atoms with Crippen LogP contribution < -0.4 is 0 Å². The Morgan fingerprint density at radius 1 is 1.21 bits per heavy atom. The van der Waals surface area contributed by atoms with E-state index in [9.17, 15) is 13.2 Å². The van der Waals surface area contributed by atoms with Gasteiger partial charge in [-0.1, -0.05) is 42.1 Å². The van der Waals surface area contributed by atoms with Crippen LogP contribution in [0.15, 0.2) is 41.7 Å². The monoisotopic (exact) mass is 424 g/mol. The van der Waals surface area contributed by atoms with Crippen LogP contribution >= 0.6 is 11.8 Å². The molecule has 3 aromatic rings. The number of nitrogens with zero attached hydrogens (tertiary/aromatic N) is 6. The number of aromatic nitrogens is 6. The van der Waals surface area contributed by atoms with Gasteiger partial charge in [0, 0.05) is 6.61 Å². The number of thioether (sulfide) groups is 1. The fourth-order valence-corrected chi connectivity index (χ4v) is 4.15. The van der Waals surface area contributed by atoms with Crippen molar-refractivity contribution in [2.45, 2.75) is 49.1 Å². The molecule has 154 valence electrons. The van der Waals surface area contributed by atoms with E-state index in [0.717, 1.165) is 35.4 Å². The number of hydrogen-bond donors (Lipinski definition) is 0. The van der Waals surface area contributed by atoms with Crippen molar-refractivity contribution in [1.82, 2.24) is 29.8 Å². The van der Waals surface area contributed by atoms with E-state index < -0.39 is 12.7 Å². The predicted octanol–water partition coefficient (Wildman–Crippen LogP) is 3.57. The Kier molecular flexibility index (Phi) is 5.86. The fraction of sp³-hybridized carbons (Fsp3) is 0.444. The number of rotatable bonds is 7. The standard InChI is InChI=1S/C18H19F3N6OS/c19-18(20,21)12-27-16(23-24-25-27)11-29-17-22-9-15(13-5-2-1-3-6-13)26(17)10-14-7-4-8-28-14/h1-3,5-6,9,14H,4,7-8,10-12H2. The molecule has 0 radical (unpaired) electrons. The minimum atomic E-state index is -4.38. The zero-order chi connectivity index (χ0) is 20.3. The van der Waals surface area contributed by atoms with Crippen molar-refractivity contribution < 1.29 is 17.9 Å². The molecule has 1 atom stereocenters. The smallest absolute Gasteiger partial charge is 0.376 e. The van der Waals surface area contributed by atoms with Crippen molar-refractivity contribution >= 4 is 11.8 Å². The van der Waals surface area contributed by atoms with Gasteiger partial charge in [0.25, 0.3) is 0 Å². The predicted molar refractivity (Wildman–Crippen MR) is 100 cm³/mol. The molecule has 7 nitrogen and oxygen atoms in total. The summed E-state index contributed by atoms with van der Waals surface area (Å²) in [6.07, 6.45) is -0.505. The van der Waals surface area contributed by atoms with Crippen molar-refractivity contribution in [3.8, 4) is 11.3 Å². The second-order valence-electron chi connectivity index (χ2n) is 6.69. The van der Waals surface area contributed by atoms with Crippen LogP contribution in [-0.4, -0.2) is 48.6 Å².